The van der Waals surface area contributed by atoms with Gasteiger partial charge >= 0.3 is 0 Å². The predicted octanol–water partition coefficient (Wildman–Crippen LogP) is 3.00. The van der Waals surface area contributed by atoms with Crippen molar-refractivity contribution in [2.24, 2.45) is 5.10 Å². The van der Waals surface area contributed by atoms with E-state index in [1.165, 1.54) is 24.3 Å². The van der Waals surface area contributed by atoms with Crippen LogP contribution in [0.4, 0.5) is 22.0 Å². The standard InChI is InChI=1S/C14H9F5N2O2S/c1-7-2-4-8(5-3-7)24(22,23)21-20-6-9-10(15)12(17)14(19)13(18)11(9)16/h2-6,21H,1H3/b20-6-. The van der Waals surface area contributed by atoms with Crippen LogP contribution in [0.3, 0.4) is 0 Å². The molecule has 128 valence electrons. The van der Waals surface area contributed by atoms with Crippen molar-refractivity contribution in [2.45, 2.75) is 11.8 Å². The van der Waals surface area contributed by atoms with E-state index in [9.17, 15) is 30.4 Å². The molecule has 2 rings (SSSR count). The van der Waals surface area contributed by atoms with E-state index >= 15 is 0 Å². The number of halogens is 5. The number of nitrogens with one attached hydrogen (secondary N) is 1. The maximum absolute atomic E-state index is 13.4. The second-order valence-electron chi connectivity index (χ2n) is 4.65. The number of hydrazone groups is 1. The number of rotatable bonds is 4. The molecule has 0 heterocycles. The zero-order valence-corrected chi connectivity index (χ0v) is 12.8. The molecule has 0 aromatic heterocycles. The van der Waals surface area contributed by atoms with E-state index in [1.807, 2.05) is 0 Å². The van der Waals surface area contributed by atoms with Crippen molar-refractivity contribution >= 4 is 16.2 Å². The zero-order valence-electron chi connectivity index (χ0n) is 11.9. The van der Waals surface area contributed by atoms with Gasteiger partial charge in [0.25, 0.3) is 10.0 Å². The molecule has 0 aliphatic rings. The van der Waals surface area contributed by atoms with Crippen LogP contribution in [0.15, 0.2) is 34.3 Å². The Hall–Kier alpha value is -2.49. The van der Waals surface area contributed by atoms with Crippen LogP contribution in [-0.4, -0.2) is 14.6 Å². The highest BCUT2D eigenvalue weighted by Crippen LogP contribution is 2.21. The largest absolute Gasteiger partial charge is 0.276 e. The van der Waals surface area contributed by atoms with E-state index in [4.69, 9.17) is 0 Å². The fourth-order valence-corrected chi connectivity index (χ4v) is 2.46. The first-order valence-electron chi connectivity index (χ1n) is 6.28. The van der Waals surface area contributed by atoms with Gasteiger partial charge in [-0.25, -0.2) is 26.8 Å². The van der Waals surface area contributed by atoms with Gasteiger partial charge in [-0.1, -0.05) is 17.7 Å². The van der Waals surface area contributed by atoms with Crippen molar-refractivity contribution in [3.63, 3.8) is 0 Å². The van der Waals surface area contributed by atoms with E-state index in [2.05, 4.69) is 5.10 Å². The molecule has 0 amide bonds. The van der Waals surface area contributed by atoms with Gasteiger partial charge in [0.05, 0.1) is 16.7 Å². The molecule has 0 fully saturated rings. The Kier molecular flexibility index (Phi) is 4.88. The van der Waals surface area contributed by atoms with Crippen LogP contribution in [0.25, 0.3) is 0 Å². The smallest absolute Gasteiger partial charge is 0.203 e. The van der Waals surface area contributed by atoms with Crippen LogP contribution >= 0.6 is 0 Å². The lowest BCUT2D eigenvalue weighted by molar-refractivity contribution is 0.377. The highest BCUT2D eigenvalue weighted by Gasteiger charge is 2.24. The van der Waals surface area contributed by atoms with Gasteiger partial charge in [0.15, 0.2) is 23.3 Å². The van der Waals surface area contributed by atoms with Gasteiger partial charge < -0.3 is 0 Å². The first kappa shape index (κ1) is 17.9. The lowest BCUT2D eigenvalue weighted by Gasteiger charge is -2.05. The summed E-state index contributed by atoms with van der Waals surface area (Å²) >= 11 is 0. The van der Waals surface area contributed by atoms with Crippen molar-refractivity contribution in [2.75, 3.05) is 0 Å². The van der Waals surface area contributed by atoms with Gasteiger partial charge in [0.1, 0.15) is 0 Å². The molecule has 2 aromatic rings. The van der Waals surface area contributed by atoms with Crippen molar-refractivity contribution in [3.8, 4) is 0 Å². The summed E-state index contributed by atoms with van der Waals surface area (Å²) in [6.45, 7) is 1.73. The Morgan fingerprint density at radius 3 is 1.83 bits per heavy atom. The molecule has 1 N–H and O–H groups in total. The monoisotopic (exact) mass is 364 g/mol. The van der Waals surface area contributed by atoms with Gasteiger partial charge in [0.2, 0.25) is 5.82 Å². The van der Waals surface area contributed by atoms with Crippen molar-refractivity contribution in [3.05, 3.63) is 64.5 Å². The van der Waals surface area contributed by atoms with E-state index in [0.717, 1.165) is 5.56 Å². The molecule has 0 unspecified atom stereocenters. The quantitative estimate of drug-likeness (QED) is 0.298. The summed E-state index contributed by atoms with van der Waals surface area (Å²) < 4.78 is 89.4. The Labute approximate surface area is 133 Å². The summed E-state index contributed by atoms with van der Waals surface area (Å²) in [4.78, 5) is 1.43. The molecule has 2 aromatic carbocycles. The van der Waals surface area contributed by atoms with E-state index in [-0.39, 0.29) is 11.1 Å². The number of sulfonamides is 1. The Morgan fingerprint density at radius 2 is 1.33 bits per heavy atom. The third-order valence-corrected chi connectivity index (χ3v) is 4.18. The molecular weight excluding hydrogens is 355 g/mol. The topological polar surface area (TPSA) is 58.5 Å². The second-order valence-corrected chi connectivity index (χ2v) is 6.31. The van der Waals surface area contributed by atoms with E-state index < -0.39 is 44.7 Å². The molecule has 0 radical (unpaired) electrons. The maximum Gasteiger partial charge on any atom is 0.276 e. The molecule has 0 aliphatic heterocycles. The van der Waals surface area contributed by atoms with Crippen LogP contribution in [0.2, 0.25) is 0 Å². The van der Waals surface area contributed by atoms with Crippen molar-refractivity contribution in [1.29, 1.82) is 0 Å². The summed E-state index contributed by atoms with van der Waals surface area (Å²) in [5.41, 5.74) is -0.572. The van der Waals surface area contributed by atoms with Gasteiger partial charge in [0, 0.05) is 0 Å². The first-order valence-corrected chi connectivity index (χ1v) is 7.76. The van der Waals surface area contributed by atoms with Crippen LogP contribution in [0, 0.1) is 36.0 Å². The molecular formula is C14H9F5N2O2S. The third kappa shape index (κ3) is 3.37. The minimum absolute atomic E-state index is 0.192. The Morgan fingerprint density at radius 1 is 0.875 bits per heavy atom. The molecule has 0 spiro atoms. The van der Waals surface area contributed by atoms with Crippen LogP contribution in [0.1, 0.15) is 11.1 Å². The highest BCUT2D eigenvalue weighted by molar-refractivity contribution is 7.89. The Balaban J connectivity index is 2.31. The molecule has 0 atom stereocenters. The molecule has 10 heteroatoms. The van der Waals surface area contributed by atoms with Gasteiger partial charge in [-0.2, -0.15) is 13.5 Å². The van der Waals surface area contributed by atoms with Gasteiger partial charge in [-0.3, -0.25) is 0 Å². The van der Waals surface area contributed by atoms with Crippen LogP contribution in [0.5, 0.6) is 0 Å². The lowest BCUT2D eigenvalue weighted by atomic mass is 10.2. The maximum atomic E-state index is 13.4. The fraction of sp³-hybridized carbons (Fsp3) is 0.0714. The molecule has 0 saturated heterocycles. The summed E-state index contributed by atoms with van der Waals surface area (Å²) in [5, 5.41) is 3.05. The van der Waals surface area contributed by atoms with E-state index in [0.29, 0.717) is 0 Å². The van der Waals surface area contributed by atoms with Gasteiger partial charge in [-0.05, 0) is 19.1 Å². The number of benzene rings is 2. The second kappa shape index (κ2) is 6.56. The fourth-order valence-electron chi connectivity index (χ4n) is 1.67. The molecule has 4 nitrogen and oxygen atoms in total. The van der Waals surface area contributed by atoms with Crippen LogP contribution in [-0.2, 0) is 10.0 Å². The lowest BCUT2D eigenvalue weighted by Crippen LogP contribution is -2.19. The molecule has 0 bridgehead atoms. The Bertz CT molecular complexity index is 883. The molecule has 0 aliphatic carbocycles. The average molecular weight is 364 g/mol. The SMILES string of the molecule is Cc1ccc(S(=O)(=O)N/N=C\c2c(F)c(F)c(F)c(F)c2F)cc1. The van der Waals surface area contributed by atoms with E-state index in [1.54, 1.807) is 11.8 Å². The number of hydrogen-bond acceptors (Lipinski definition) is 3. The summed E-state index contributed by atoms with van der Waals surface area (Å²) in [6, 6.07) is 5.52. The summed E-state index contributed by atoms with van der Waals surface area (Å²) in [6.07, 6.45) is 0.196. The summed E-state index contributed by atoms with van der Waals surface area (Å²) in [7, 11) is -4.16. The number of aryl methyl sites for hydroxylation is 1. The minimum atomic E-state index is -4.16. The third-order valence-electron chi connectivity index (χ3n) is 2.94. The molecule has 24 heavy (non-hydrogen) atoms. The number of nitrogens with zero attached hydrogens (tertiary/aromatic N) is 1. The predicted molar refractivity (Wildman–Crippen MR) is 75.3 cm³/mol. The highest BCUT2D eigenvalue weighted by atomic mass is 32.2. The van der Waals surface area contributed by atoms with Crippen LogP contribution < -0.4 is 4.83 Å². The molecule has 0 saturated carbocycles. The van der Waals surface area contributed by atoms with Crippen molar-refractivity contribution < 1.29 is 30.4 Å². The summed E-state index contributed by atoms with van der Waals surface area (Å²) in [5.74, 6) is -10.9. The zero-order chi connectivity index (χ0) is 18.1. The normalized spacial score (nSPS) is 11.9. The van der Waals surface area contributed by atoms with Crippen molar-refractivity contribution in [1.82, 2.24) is 4.83 Å². The number of hydrogen-bond donors (Lipinski definition) is 1. The minimum Gasteiger partial charge on any atom is -0.203 e. The van der Waals surface area contributed by atoms with Gasteiger partial charge in [-0.15, -0.1) is 0 Å². The first-order chi connectivity index (χ1) is 11.1. The average Bonchev–Trinajstić information content (AvgIpc) is 2.54.